The van der Waals surface area contributed by atoms with Crippen LogP contribution in [0.3, 0.4) is 0 Å². The van der Waals surface area contributed by atoms with Gasteiger partial charge in [0.25, 0.3) is 6.01 Å². The second-order valence-corrected chi connectivity index (χ2v) is 6.71. The molecule has 0 saturated carbocycles. The Morgan fingerprint density at radius 3 is 2.60 bits per heavy atom. The maximum Gasteiger partial charge on any atom is 0.297 e. The lowest BCUT2D eigenvalue weighted by Gasteiger charge is -2.32. The maximum absolute atomic E-state index is 5.63. The third-order valence-corrected chi connectivity index (χ3v) is 4.15. The first-order chi connectivity index (χ1) is 9.56. The summed E-state index contributed by atoms with van der Waals surface area (Å²) in [5, 5.41) is 3.40. The van der Waals surface area contributed by atoms with E-state index >= 15 is 0 Å². The van der Waals surface area contributed by atoms with Crippen molar-refractivity contribution in [1.29, 1.82) is 0 Å². The van der Waals surface area contributed by atoms with Crippen molar-refractivity contribution in [3.63, 3.8) is 0 Å². The van der Waals surface area contributed by atoms with E-state index in [2.05, 4.69) is 42.9 Å². The summed E-state index contributed by atoms with van der Waals surface area (Å²) in [6.45, 7) is 13.0. The van der Waals surface area contributed by atoms with Gasteiger partial charge in [0.2, 0.25) is 0 Å². The lowest BCUT2D eigenvalue weighted by molar-refractivity contribution is 0.304. The van der Waals surface area contributed by atoms with Gasteiger partial charge in [-0.05, 0) is 37.1 Å². The fourth-order valence-electron chi connectivity index (χ4n) is 2.77. The zero-order chi connectivity index (χ0) is 14.5. The van der Waals surface area contributed by atoms with E-state index in [1.54, 1.807) is 6.26 Å². The average Bonchev–Trinajstić information content (AvgIpc) is 2.87. The van der Waals surface area contributed by atoms with Gasteiger partial charge in [-0.25, -0.2) is 0 Å². The lowest BCUT2D eigenvalue weighted by atomic mass is 9.87. The highest BCUT2D eigenvalue weighted by molar-refractivity contribution is 5.27. The fraction of sp³-hybridized carbons (Fsp3) is 0.812. The summed E-state index contributed by atoms with van der Waals surface area (Å²) in [7, 11) is 0. The van der Waals surface area contributed by atoms with Gasteiger partial charge in [-0.1, -0.05) is 27.7 Å². The Kier molecular flexibility index (Phi) is 5.46. The van der Waals surface area contributed by atoms with Crippen LogP contribution in [0.5, 0.6) is 0 Å². The van der Waals surface area contributed by atoms with E-state index < -0.39 is 0 Å². The number of aromatic nitrogens is 1. The minimum atomic E-state index is 0.663. The molecule has 1 aromatic heterocycles. The van der Waals surface area contributed by atoms with Crippen molar-refractivity contribution in [2.75, 3.05) is 24.5 Å². The number of piperidine rings is 1. The van der Waals surface area contributed by atoms with Gasteiger partial charge in [-0.15, -0.1) is 0 Å². The second kappa shape index (κ2) is 7.11. The molecular formula is C16H29N3O. The van der Waals surface area contributed by atoms with Crippen molar-refractivity contribution in [1.82, 2.24) is 10.3 Å². The molecule has 1 fully saturated rings. The molecular weight excluding hydrogens is 250 g/mol. The standard InChI is InChI=1S/C16H29N3O/c1-12(2)9-17-10-15-11-20-16(18-15)19-7-5-14(6-8-19)13(3)4/h11-14,17H,5-10H2,1-4H3. The Balaban J connectivity index is 1.81. The van der Waals surface area contributed by atoms with E-state index in [1.165, 1.54) is 12.8 Å². The highest BCUT2D eigenvalue weighted by Crippen LogP contribution is 2.27. The minimum absolute atomic E-state index is 0.663. The molecule has 1 aliphatic rings. The summed E-state index contributed by atoms with van der Waals surface area (Å²) < 4.78 is 5.63. The molecule has 1 N–H and O–H groups in total. The number of rotatable bonds is 6. The van der Waals surface area contributed by atoms with Gasteiger partial charge in [0.1, 0.15) is 6.26 Å². The van der Waals surface area contributed by atoms with Crippen LogP contribution in [0.2, 0.25) is 0 Å². The first-order valence-corrected chi connectivity index (χ1v) is 7.96. The van der Waals surface area contributed by atoms with Gasteiger partial charge in [-0.2, -0.15) is 4.98 Å². The predicted octanol–water partition coefficient (Wildman–Crippen LogP) is 3.29. The Bertz CT molecular complexity index is 392. The Morgan fingerprint density at radius 2 is 2.00 bits per heavy atom. The quantitative estimate of drug-likeness (QED) is 0.867. The second-order valence-electron chi connectivity index (χ2n) is 6.71. The molecule has 2 heterocycles. The van der Waals surface area contributed by atoms with E-state index in [9.17, 15) is 0 Å². The highest BCUT2D eigenvalue weighted by Gasteiger charge is 2.24. The maximum atomic E-state index is 5.63. The summed E-state index contributed by atoms with van der Waals surface area (Å²) in [4.78, 5) is 6.88. The summed E-state index contributed by atoms with van der Waals surface area (Å²) in [6.07, 6.45) is 4.29. The summed E-state index contributed by atoms with van der Waals surface area (Å²) in [5.41, 5.74) is 1.01. The van der Waals surface area contributed by atoms with Gasteiger partial charge in [-0.3, -0.25) is 0 Å². The highest BCUT2D eigenvalue weighted by atomic mass is 16.4. The first-order valence-electron chi connectivity index (χ1n) is 7.96. The summed E-state index contributed by atoms with van der Waals surface area (Å²) in [6, 6.07) is 0.800. The molecule has 0 spiro atoms. The number of anilines is 1. The van der Waals surface area contributed by atoms with E-state index in [4.69, 9.17) is 4.42 Å². The van der Waals surface area contributed by atoms with Crippen molar-refractivity contribution < 1.29 is 4.42 Å². The average molecular weight is 279 g/mol. The molecule has 1 aliphatic heterocycles. The summed E-state index contributed by atoms with van der Waals surface area (Å²) >= 11 is 0. The molecule has 1 aromatic rings. The molecule has 4 nitrogen and oxygen atoms in total. The third kappa shape index (κ3) is 4.23. The van der Waals surface area contributed by atoms with Crippen LogP contribution in [0, 0.1) is 17.8 Å². The van der Waals surface area contributed by atoms with Gasteiger partial charge in [0.15, 0.2) is 0 Å². The number of hydrogen-bond donors (Lipinski definition) is 1. The minimum Gasteiger partial charge on any atom is -0.432 e. The largest absolute Gasteiger partial charge is 0.432 e. The molecule has 4 heteroatoms. The normalized spacial score (nSPS) is 17.4. The van der Waals surface area contributed by atoms with Crippen LogP contribution < -0.4 is 10.2 Å². The monoisotopic (exact) mass is 279 g/mol. The number of nitrogens with zero attached hydrogens (tertiary/aromatic N) is 2. The van der Waals surface area contributed by atoms with Crippen molar-refractivity contribution >= 4 is 6.01 Å². The molecule has 20 heavy (non-hydrogen) atoms. The molecule has 114 valence electrons. The van der Waals surface area contributed by atoms with Gasteiger partial charge >= 0.3 is 0 Å². The summed E-state index contributed by atoms with van der Waals surface area (Å²) in [5.74, 6) is 2.31. The van der Waals surface area contributed by atoms with E-state index in [0.29, 0.717) is 5.92 Å². The molecule has 0 atom stereocenters. The number of nitrogens with one attached hydrogen (secondary N) is 1. The predicted molar refractivity (Wildman–Crippen MR) is 82.8 cm³/mol. The zero-order valence-corrected chi connectivity index (χ0v) is 13.4. The molecule has 0 aliphatic carbocycles. The van der Waals surface area contributed by atoms with Crippen LogP contribution in [-0.4, -0.2) is 24.6 Å². The van der Waals surface area contributed by atoms with Crippen LogP contribution in [0.15, 0.2) is 10.7 Å². The SMILES string of the molecule is CC(C)CNCc1coc(N2CCC(C(C)C)CC2)n1. The molecule has 0 amide bonds. The van der Waals surface area contributed by atoms with Gasteiger partial charge in [0, 0.05) is 19.6 Å². The smallest absolute Gasteiger partial charge is 0.297 e. The van der Waals surface area contributed by atoms with Crippen molar-refractivity contribution in [2.45, 2.75) is 47.1 Å². The molecule has 0 aromatic carbocycles. The zero-order valence-electron chi connectivity index (χ0n) is 13.4. The van der Waals surface area contributed by atoms with E-state index in [1.807, 2.05) is 0 Å². The van der Waals surface area contributed by atoms with Gasteiger partial charge in [0.05, 0.1) is 5.69 Å². The van der Waals surface area contributed by atoms with E-state index in [-0.39, 0.29) is 0 Å². The lowest BCUT2D eigenvalue weighted by Crippen LogP contribution is -2.35. The Labute approximate surface area is 122 Å². The van der Waals surface area contributed by atoms with Crippen LogP contribution in [0.4, 0.5) is 6.01 Å². The van der Waals surface area contributed by atoms with Gasteiger partial charge < -0.3 is 14.6 Å². The third-order valence-electron chi connectivity index (χ3n) is 4.15. The van der Waals surface area contributed by atoms with Crippen molar-refractivity contribution in [2.24, 2.45) is 17.8 Å². The molecule has 2 rings (SSSR count). The van der Waals surface area contributed by atoms with Crippen LogP contribution in [-0.2, 0) is 6.54 Å². The Morgan fingerprint density at radius 1 is 1.30 bits per heavy atom. The van der Waals surface area contributed by atoms with Crippen LogP contribution >= 0.6 is 0 Å². The molecule has 0 unspecified atom stereocenters. The van der Waals surface area contributed by atoms with Crippen LogP contribution in [0.25, 0.3) is 0 Å². The Hall–Kier alpha value is -1.03. The fourth-order valence-corrected chi connectivity index (χ4v) is 2.77. The molecule has 1 saturated heterocycles. The molecule has 0 bridgehead atoms. The number of hydrogen-bond acceptors (Lipinski definition) is 4. The molecule has 0 radical (unpaired) electrons. The topological polar surface area (TPSA) is 41.3 Å². The van der Waals surface area contributed by atoms with E-state index in [0.717, 1.165) is 49.7 Å². The first kappa shape index (κ1) is 15.4. The number of oxazole rings is 1. The van der Waals surface area contributed by atoms with Crippen molar-refractivity contribution in [3.8, 4) is 0 Å². The van der Waals surface area contributed by atoms with Crippen molar-refractivity contribution in [3.05, 3.63) is 12.0 Å². The van der Waals surface area contributed by atoms with Crippen LogP contribution in [0.1, 0.15) is 46.2 Å².